The van der Waals surface area contributed by atoms with Gasteiger partial charge in [-0.2, -0.15) is 9.97 Å². The van der Waals surface area contributed by atoms with Crippen LogP contribution in [0.25, 0.3) is 11.0 Å². The number of hydrogen-bond donors (Lipinski definition) is 4. The van der Waals surface area contributed by atoms with Crippen molar-refractivity contribution in [2.45, 2.75) is 44.9 Å². The topological polar surface area (TPSA) is 121 Å². The van der Waals surface area contributed by atoms with Crippen LogP contribution in [0.15, 0.2) is 30.5 Å². The smallest absolute Gasteiger partial charge is 0.319 e. The van der Waals surface area contributed by atoms with Crippen molar-refractivity contribution in [1.29, 1.82) is 0 Å². The lowest BCUT2D eigenvalue weighted by molar-refractivity contribution is 0.175. The van der Waals surface area contributed by atoms with Gasteiger partial charge in [0.15, 0.2) is 5.82 Å². The molecule has 0 radical (unpaired) electrons. The summed E-state index contributed by atoms with van der Waals surface area (Å²) in [5.74, 6) is 0.299. The van der Waals surface area contributed by atoms with Crippen molar-refractivity contribution in [2.24, 2.45) is 0 Å². The third-order valence-corrected chi connectivity index (χ3v) is 5.53. The Morgan fingerprint density at radius 3 is 2.80 bits per heavy atom. The lowest BCUT2D eigenvalue weighted by atomic mass is 10.0. The van der Waals surface area contributed by atoms with E-state index in [1.165, 1.54) is 0 Å². The summed E-state index contributed by atoms with van der Waals surface area (Å²) < 4.78 is 5.61. The van der Waals surface area contributed by atoms with Gasteiger partial charge in [-0.1, -0.05) is 37.6 Å². The third-order valence-electron chi connectivity index (χ3n) is 5.53. The number of benzene rings is 1. The summed E-state index contributed by atoms with van der Waals surface area (Å²) in [5.41, 5.74) is 9.77. The average Bonchev–Trinajstić information content (AvgIpc) is 3.34. The molecule has 8 nitrogen and oxygen atoms in total. The van der Waals surface area contributed by atoms with Gasteiger partial charge in [0.2, 0.25) is 0 Å². The van der Waals surface area contributed by atoms with Crippen LogP contribution in [0.3, 0.4) is 0 Å². The van der Waals surface area contributed by atoms with Crippen molar-refractivity contribution in [3.05, 3.63) is 47.2 Å². The highest BCUT2D eigenvalue weighted by atomic mass is 16.5. The number of H-pyrrole nitrogens is 1. The number of hydrogen-bond acceptors (Lipinski definition) is 7. The second kappa shape index (κ2) is 8.99. The molecule has 2 aromatic heterocycles. The first kappa shape index (κ1) is 20.6. The highest BCUT2D eigenvalue weighted by Gasteiger charge is 2.21. The van der Waals surface area contributed by atoms with Gasteiger partial charge in [0.25, 0.3) is 0 Å². The minimum Gasteiger partial charge on any atom is -0.463 e. The summed E-state index contributed by atoms with van der Waals surface area (Å²) in [6.07, 6.45) is 3.40. The van der Waals surface area contributed by atoms with Crippen molar-refractivity contribution in [2.75, 3.05) is 25.4 Å². The maximum absolute atomic E-state index is 11.0. The monoisotopic (exact) mass is 411 g/mol. The number of nitrogens with zero attached hydrogens (tertiary/aromatic N) is 3. The van der Waals surface area contributed by atoms with Gasteiger partial charge in [0.1, 0.15) is 17.1 Å². The minimum absolute atomic E-state index is 0.224. The lowest BCUT2D eigenvalue weighted by Gasteiger charge is -2.16. The summed E-state index contributed by atoms with van der Waals surface area (Å²) in [7, 11) is 0. The zero-order valence-corrected chi connectivity index (χ0v) is 17.2. The fourth-order valence-corrected chi connectivity index (χ4v) is 3.81. The first-order valence-corrected chi connectivity index (χ1v) is 10.5. The number of ether oxygens (including phenoxy) is 1. The number of aromatic amines is 1. The number of nitrogens with one attached hydrogen (secondary N) is 1. The SMILES string of the molecule is CCCCOc1nc(N)c2[nH]cc(C(O)c3ccc(CN4CCC(O)C4)cc3)c2n1. The Morgan fingerprint density at radius 1 is 1.30 bits per heavy atom. The van der Waals surface area contributed by atoms with Crippen LogP contribution >= 0.6 is 0 Å². The third kappa shape index (κ3) is 4.40. The molecule has 1 saturated heterocycles. The van der Waals surface area contributed by atoms with Crippen LogP contribution in [0.5, 0.6) is 6.01 Å². The van der Waals surface area contributed by atoms with Gasteiger partial charge in [0.05, 0.1) is 12.7 Å². The van der Waals surface area contributed by atoms with E-state index in [1.807, 2.05) is 24.3 Å². The van der Waals surface area contributed by atoms with Crippen LogP contribution in [-0.2, 0) is 6.54 Å². The molecule has 0 saturated carbocycles. The van der Waals surface area contributed by atoms with Crippen molar-refractivity contribution in [3.8, 4) is 6.01 Å². The quantitative estimate of drug-likeness (QED) is 0.420. The standard InChI is InChI=1S/C22H29N5O3/c1-2-3-10-30-22-25-18-17(11-24-19(18)21(23)26-22)20(29)15-6-4-14(5-7-15)12-27-9-8-16(28)13-27/h4-7,11,16,20,24,28-29H,2-3,8-10,12-13H2,1H3,(H2,23,25,26). The second-order valence-corrected chi connectivity index (χ2v) is 7.88. The van der Waals surface area contributed by atoms with E-state index in [2.05, 4.69) is 26.8 Å². The first-order valence-electron chi connectivity index (χ1n) is 10.5. The number of fused-ring (bicyclic) bond motifs is 1. The molecule has 8 heteroatoms. The Hall–Kier alpha value is -2.68. The number of nitrogens with two attached hydrogens (primary N) is 1. The summed E-state index contributed by atoms with van der Waals surface area (Å²) >= 11 is 0. The van der Waals surface area contributed by atoms with E-state index in [4.69, 9.17) is 10.5 Å². The molecule has 3 aromatic rings. The molecule has 1 aromatic carbocycles. The van der Waals surface area contributed by atoms with E-state index in [1.54, 1.807) is 6.20 Å². The number of nitrogen functional groups attached to an aromatic ring is 1. The molecule has 4 rings (SSSR count). The maximum Gasteiger partial charge on any atom is 0.319 e. The van der Waals surface area contributed by atoms with E-state index >= 15 is 0 Å². The Labute approximate surface area is 175 Å². The summed E-state index contributed by atoms with van der Waals surface area (Å²) in [6.45, 7) is 5.03. The van der Waals surface area contributed by atoms with E-state index in [9.17, 15) is 10.2 Å². The zero-order valence-electron chi connectivity index (χ0n) is 17.2. The number of likely N-dealkylation sites (tertiary alicyclic amines) is 1. The highest BCUT2D eigenvalue weighted by molar-refractivity contribution is 5.88. The Bertz CT molecular complexity index is 988. The number of aromatic nitrogens is 3. The van der Waals surface area contributed by atoms with Crippen molar-refractivity contribution in [1.82, 2.24) is 19.9 Å². The Kier molecular flexibility index (Phi) is 6.17. The maximum atomic E-state index is 11.0. The van der Waals surface area contributed by atoms with Crippen LogP contribution in [0, 0.1) is 0 Å². The van der Waals surface area contributed by atoms with Crippen molar-refractivity contribution < 1.29 is 14.9 Å². The molecule has 2 atom stereocenters. The second-order valence-electron chi connectivity index (χ2n) is 7.88. The number of rotatable bonds is 8. The number of aliphatic hydroxyl groups excluding tert-OH is 2. The van der Waals surface area contributed by atoms with Crippen LogP contribution in [0.2, 0.25) is 0 Å². The summed E-state index contributed by atoms with van der Waals surface area (Å²) in [6, 6.07) is 8.11. The molecule has 1 fully saturated rings. The van der Waals surface area contributed by atoms with Gasteiger partial charge in [0, 0.05) is 31.4 Å². The molecule has 1 aliphatic rings. The molecule has 0 amide bonds. The molecule has 160 valence electrons. The largest absolute Gasteiger partial charge is 0.463 e. The molecule has 1 aliphatic heterocycles. The van der Waals surface area contributed by atoms with E-state index < -0.39 is 6.10 Å². The van der Waals surface area contributed by atoms with Gasteiger partial charge in [-0.25, -0.2) is 0 Å². The Balaban J connectivity index is 1.52. The number of β-amino-alcohol motifs (C(OH)–C–C–N with tert-alkyl or cyclic N) is 1. The van der Waals surface area contributed by atoms with Gasteiger partial charge >= 0.3 is 6.01 Å². The van der Waals surface area contributed by atoms with Gasteiger partial charge < -0.3 is 25.7 Å². The number of anilines is 1. The molecule has 0 bridgehead atoms. The Morgan fingerprint density at radius 2 is 2.10 bits per heavy atom. The molecule has 30 heavy (non-hydrogen) atoms. The molecule has 0 aliphatic carbocycles. The van der Waals surface area contributed by atoms with Crippen LogP contribution in [0.4, 0.5) is 5.82 Å². The van der Waals surface area contributed by atoms with Gasteiger partial charge in [-0.05, 0) is 24.0 Å². The van der Waals surface area contributed by atoms with Crippen LogP contribution in [-0.4, -0.2) is 55.9 Å². The van der Waals surface area contributed by atoms with E-state index in [0.717, 1.165) is 43.5 Å². The average molecular weight is 412 g/mol. The number of unbranched alkanes of at least 4 members (excludes halogenated alkanes) is 1. The van der Waals surface area contributed by atoms with Crippen molar-refractivity contribution in [3.63, 3.8) is 0 Å². The molecule has 2 unspecified atom stereocenters. The van der Waals surface area contributed by atoms with E-state index in [-0.39, 0.29) is 12.1 Å². The molecule has 3 heterocycles. The fourth-order valence-electron chi connectivity index (χ4n) is 3.81. The fraction of sp³-hybridized carbons (Fsp3) is 0.455. The van der Waals surface area contributed by atoms with Gasteiger partial charge in [-0.3, -0.25) is 4.90 Å². The van der Waals surface area contributed by atoms with Crippen molar-refractivity contribution >= 4 is 16.9 Å². The van der Waals surface area contributed by atoms with E-state index in [0.29, 0.717) is 35.6 Å². The lowest BCUT2D eigenvalue weighted by Crippen LogP contribution is -2.21. The molecule has 5 N–H and O–H groups in total. The highest BCUT2D eigenvalue weighted by Crippen LogP contribution is 2.31. The predicted molar refractivity (Wildman–Crippen MR) is 115 cm³/mol. The predicted octanol–water partition coefficient (Wildman–Crippen LogP) is 2.37. The van der Waals surface area contributed by atoms with Crippen LogP contribution in [0.1, 0.15) is 49.0 Å². The van der Waals surface area contributed by atoms with Crippen LogP contribution < -0.4 is 10.5 Å². The molecular weight excluding hydrogens is 382 g/mol. The summed E-state index contributed by atoms with van der Waals surface area (Å²) in [5, 5.41) is 20.7. The first-order chi connectivity index (χ1) is 14.5. The summed E-state index contributed by atoms with van der Waals surface area (Å²) in [4.78, 5) is 14.0. The van der Waals surface area contributed by atoms with Gasteiger partial charge in [-0.15, -0.1) is 0 Å². The molecule has 0 spiro atoms. The minimum atomic E-state index is -0.848. The number of aliphatic hydroxyl groups is 2. The zero-order chi connectivity index (χ0) is 21.1. The normalized spacial score (nSPS) is 18.2. The molecular formula is C22H29N5O3.